The van der Waals surface area contributed by atoms with Gasteiger partial charge in [0, 0.05) is 26.4 Å². The lowest BCUT2D eigenvalue weighted by Gasteiger charge is -2.28. The molecule has 37 heavy (non-hydrogen) atoms. The molecule has 204 valence electrons. The number of methoxy groups -OCH3 is 1. The first-order valence-corrected chi connectivity index (χ1v) is 12.6. The van der Waals surface area contributed by atoms with Crippen molar-refractivity contribution < 1.29 is 38.4 Å². The van der Waals surface area contributed by atoms with E-state index in [2.05, 4.69) is 0 Å². The van der Waals surface area contributed by atoms with Gasteiger partial charge in [0.1, 0.15) is 12.4 Å². The van der Waals surface area contributed by atoms with Crippen LogP contribution in [0.2, 0.25) is 10.0 Å². The summed E-state index contributed by atoms with van der Waals surface area (Å²) in [6, 6.07) is 10.9. The molecule has 11 heteroatoms. The number of aliphatic hydroxyl groups is 1. The van der Waals surface area contributed by atoms with Crippen LogP contribution < -0.4 is 9.47 Å². The highest BCUT2D eigenvalue weighted by Crippen LogP contribution is 2.41. The third-order valence-corrected chi connectivity index (χ3v) is 6.38. The Bertz CT molecular complexity index is 1050. The van der Waals surface area contributed by atoms with E-state index in [9.17, 15) is 14.7 Å². The smallest absolute Gasteiger partial charge is 0.305 e. The number of esters is 2. The zero-order valence-corrected chi connectivity index (χ0v) is 23.6. The fourth-order valence-electron chi connectivity index (χ4n) is 3.47. The molecule has 0 spiro atoms. The van der Waals surface area contributed by atoms with Gasteiger partial charge in [-0.3, -0.25) is 9.59 Å². The molecule has 2 aromatic carbocycles. The Morgan fingerprint density at radius 2 is 1.54 bits per heavy atom. The van der Waals surface area contributed by atoms with E-state index in [1.165, 1.54) is 14.0 Å². The van der Waals surface area contributed by atoms with E-state index in [1.54, 1.807) is 12.1 Å². The second-order valence-electron chi connectivity index (χ2n) is 8.88. The Balaban J connectivity index is 2.16. The fourth-order valence-corrected chi connectivity index (χ4v) is 4.19. The molecular formula is C26H31Cl3O8. The molecule has 2 atom stereocenters. The Labute approximate surface area is 231 Å². The summed E-state index contributed by atoms with van der Waals surface area (Å²) in [6.45, 7) is 6.41. The highest BCUT2D eigenvalue weighted by molar-refractivity contribution is 6.37. The maximum Gasteiger partial charge on any atom is 0.305 e. The molecule has 0 heterocycles. The Morgan fingerprint density at radius 1 is 0.946 bits per heavy atom. The molecule has 0 saturated heterocycles. The second-order valence-corrected chi connectivity index (χ2v) is 9.96. The lowest BCUT2D eigenvalue weighted by molar-refractivity contribution is -0.207. The summed E-state index contributed by atoms with van der Waals surface area (Å²) in [5.74, 6) is -2.81. The van der Waals surface area contributed by atoms with Gasteiger partial charge in [0.25, 0.3) is 5.79 Å². The van der Waals surface area contributed by atoms with Crippen LogP contribution in [0.25, 0.3) is 0 Å². The third kappa shape index (κ3) is 8.93. The predicted octanol–water partition coefficient (Wildman–Crippen LogP) is 5.15. The zero-order chi connectivity index (χ0) is 27.8. The van der Waals surface area contributed by atoms with Crippen molar-refractivity contribution in [3.05, 3.63) is 57.6 Å². The van der Waals surface area contributed by atoms with Crippen LogP contribution in [-0.4, -0.2) is 61.7 Å². The first-order valence-electron chi connectivity index (χ1n) is 11.3. The summed E-state index contributed by atoms with van der Waals surface area (Å²) in [5.41, 5.74) is 1.27. The van der Waals surface area contributed by atoms with Gasteiger partial charge < -0.3 is 28.8 Å². The van der Waals surface area contributed by atoms with Gasteiger partial charge in [-0.05, 0) is 35.4 Å². The summed E-state index contributed by atoms with van der Waals surface area (Å²) in [6.07, 6.45) is -0.516. The summed E-state index contributed by atoms with van der Waals surface area (Å²) < 4.78 is 26.4. The molecule has 0 bridgehead atoms. The standard InChI is InChI=1S/C26H31Cl3O8/c1-16(30)36-21(12-33-5)13-34-20-8-6-18(7-9-20)25(3,4)19-10-22(28)24(23(29)11-19)35-15-26(32,14-27)37-17(2)31/h6-11,21,32H,12-15H2,1-5H3/t21-,26+/m1/s1. The number of hydrogen-bond donors (Lipinski definition) is 1. The summed E-state index contributed by atoms with van der Waals surface area (Å²) in [4.78, 5) is 22.5. The van der Waals surface area contributed by atoms with Gasteiger partial charge >= 0.3 is 11.9 Å². The van der Waals surface area contributed by atoms with E-state index in [4.69, 9.17) is 58.5 Å². The average molecular weight is 578 g/mol. The van der Waals surface area contributed by atoms with E-state index < -0.39 is 41.7 Å². The molecule has 0 fully saturated rings. The number of benzene rings is 2. The molecule has 0 aliphatic heterocycles. The Kier molecular flexibility index (Phi) is 11.3. The Hall–Kier alpha value is -2.23. The molecule has 2 aromatic rings. The third-order valence-electron chi connectivity index (χ3n) is 5.40. The number of hydrogen-bond acceptors (Lipinski definition) is 8. The van der Waals surface area contributed by atoms with Crippen molar-refractivity contribution in [3.8, 4) is 11.5 Å². The van der Waals surface area contributed by atoms with Gasteiger partial charge in [-0.25, -0.2) is 0 Å². The van der Waals surface area contributed by atoms with Crippen molar-refractivity contribution in [3.63, 3.8) is 0 Å². The quantitative estimate of drug-likeness (QED) is 0.198. The zero-order valence-electron chi connectivity index (χ0n) is 21.3. The average Bonchev–Trinajstić information content (AvgIpc) is 2.81. The summed E-state index contributed by atoms with van der Waals surface area (Å²) in [5, 5.41) is 10.7. The lowest BCUT2D eigenvalue weighted by Crippen LogP contribution is -2.42. The van der Waals surface area contributed by atoms with Crippen LogP contribution in [0.4, 0.5) is 0 Å². The van der Waals surface area contributed by atoms with Crippen molar-refractivity contribution in [2.75, 3.05) is 32.8 Å². The first kappa shape index (κ1) is 31.0. The van der Waals surface area contributed by atoms with Gasteiger partial charge in [0.2, 0.25) is 0 Å². The number of ether oxygens (including phenoxy) is 5. The first-order chi connectivity index (χ1) is 17.3. The molecule has 0 amide bonds. The van der Waals surface area contributed by atoms with Gasteiger partial charge in [-0.15, -0.1) is 11.6 Å². The number of alkyl halides is 1. The molecule has 0 radical (unpaired) electrons. The number of halogens is 3. The molecule has 2 rings (SSSR count). The van der Waals surface area contributed by atoms with Crippen LogP contribution in [0.5, 0.6) is 11.5 Å². The van der Waals surface area contributed by atoms with Crippen molar-refractivity contribution in [2.24, 2.45) is 0 Å². The van der Waals surface area contributed by atoms with Crippen molar-refractivity contribution in [1.29, 1.82) is 0 Å². The molecule has 0 unspecified atom stereocenters. The van der Waals surface area contributed by atoms with Gasteiger partial charge in [-0.2, -0.15) is 0 Å². The SMILES string of the molecule is COC[C@H](COc1ccc(C(C)(C)c2cc(Cl)c(OC[C@](O)(CCl)OC(C)=O)c(Cl)c2)cc1)OC(C)=O. The highest BCUT2D eigenvalue weighted by atomic mass is 35.5. The predicted molar refractivity (Wildman–Crippen MR) is 141 cm³/mol. The van der Waals surface area contributed by atoms with Crippen LogP contribution in [-0.2, 0) is 29.2 Å². The summed E-state index contributed by atoms with van der Waals surface area (Å²) in [7, 11) is 1.52. The van der Waals surface area contributed by atoms with Crippen LogP contribution in [0.1, 0.15) is 38.8 Å². The van der Waals surface area contributed by atoms with Crippen molar-refractivity contribution >= 4 is 46.7 Å². The molecule has 0 aliphatic carbocycles. The Morgan fingerprint density at radius 3 is 2.03 bits per heavy atom. The summed E-state index contributed by atoms with van der Waals surface area (Å²) >= 11 is 18.7. The van der Waals surface area contributed by atoms with Gasteiger partial charge in [-0.1, -0.05) is 49.2 Å². The molecular weight excluding hydrogens is 547 g/mol. The van der Waals surface area contributed by atoms with Crippen molar-refractivity contribution in [2.45, 2.75) is 45.0 Å². The minimum atomic E-state index is -2.02. The fraction of sp³-hybridized carbons (Fsp3) is 0.462. The van der Waals surface area contributed by atoms with Crippen LogP contribution in [0.15, 0.2) is 36.4 Å². The molecule has 0 aliphatic rings. The van der Waals surface area contributed by atoms with E-state index in [1.807, 2.05) is 38.1 Å². The van der Waals surface area contributed by atoms with Crippen LogP contribution >= 0.6 is 34.8 Å². The molecule has 1 N–H and O–H groups in total. The van der Waals surface area contributed by atoms with Gasteiger partial charge in [0.05, 0.1) is 22.5 Å². The topological polar surface area (TPSA) is 101 Å². The molecule has 0 saturated carbocycles. The van der Waals surface area contributed by atoms with E-state index >= 15 is 0 Å². The van der Waals surface area contributed by atoms with Gasteiger partial charge in [0.15, 0.2) is 18.5 Å². The molecule has 0 aromatic heterocycles. The monoisotopic (exact) mass is 576 g/mol. The number of rotatable bonds is 13. The van der Waals surface area contributed by atoms with Crippen LogP contribution in [0.3, 0.4) is 0 Å². The molecule has 8 nitrogen and oxygen atoms in total. The maximum absolute atomic E-state index is 11.2. The van der Waals surface area contributed by atoms with E-state index in [0.717, 1.165) is 18.1 Å². The van der Waals surface area contributed by atoms with E-state index in [0.29, 0.717) is 5.75 Å². The highest BCUT2D eigenvalue weighted by Gasteiger charge is 2.32. The van der Waals surface area contributed by atoms with E-state index in [-0.39, 0.29) is 29.0 Å². The minimum Gasteiger partial charge on any atom is -0.490 e. The lowest BCUT2D eigenvalue weighted by atomic mass is 9.78. The number of carbonyl (C=O) groups is 2. The second kappa shape index (κ2) is 13.5. The minimum absolute atomic E-state index is 0.126. The maximum atomic E-state index is 11.2. The largest absolute Gasteiger partial charge is 0.490 e. The number of carbonyl (C=O) groups excluding carboxylic acids is 2. The van der Waals surface area contributed by atoms with Crippen LogP contribution in [0, 0.1) is 0 Å². The van der Waals surface area contributed by atoms with Crippen molar-refractivity contribution in [1.82, 2.24) is 0 Å². The normalized spacial score (nSPS) is 13.9.